The lowest BCUT2D eigenvalue weighted by molar-refractivity contribution is 0.365. The molecule has 6 nitrogen and oxygen atoms in total. The summed E-state index contributed by atoms with van der Waals surface area (Å²) in [5.41, 5.74) is 1.25. The predicted molar refractivity (Wildman–Crippen MR) is 108 cm³/mol. The maximum atomic E-state index is 13.4. The highest BCUT2D eigenvalue weighted by atomic mass is 19.1. The van der Waals surface area contributed by atoms with E-state index in [2.05, 4.69) is 15.0 Å². The highest BCUT2D eigenvalue weighted by Crippen LogP contribution is 2.25. The molecule has 0 unspecified atom stereocenters. The molecule has 0 bridgehead atoms. The number of benzene rings is 1. The molecule has 1 aliphatic heterocycles. The second-order valence-electron chi connectivity index (χ2n) is 8.62. The molecule has 1 fully saturated rings. The summed E-state index contributed by atoms with van der Waals surface area (Å²) >= 11 is 0. The third-order valence-electron chi connectivity index (χ3n) is 5.39. The number of rotatable bonds is 3. The molecule has 148 valence electrons. The van der Waals surface area contributed by atoms with Crippen LogP contribution in [0.3, 0.4) is 0 Å². The fourth-order valence-corrected chi connectivity index (χ4v) is 3.89. The summed E-state index contributed by atoms with van der Waals surface area (Å²) in [6.45, 7) is 7.76. The number of piperidine rings is 1. The second-order valence-corrected chi connectivity index (χ2v) is 8.62. The summed E-state index contributed by atoms with van der Waals surface area (Å²) < 4.78 is 15.2. The van der Waals surface area contributed by atoms with Crippen LogP contribution in [0.2, 0.25) is 0 Å². The number of H-pyrrole nitrogens is 1. The van der Waals surface area contributed by atoms with Gasteiger partial charge in [0, 0.05) is 13.1 Å². The van der Waals surface area contributed by atoms with Crippen LogP contribution in [0.1, 0.15) is 39.2 Å². The molecule has 1 N–H and O–H groups in total. The number of nitrogens with zero attached hydrogens (tertiary/aromatic N) is 4. The molecule has 28 heavy (non-hydrogen) atoms. The first-order valence-corrected chi connectivity index (χ1v) is 9.79. The van der Waals surface area contributed by atoms with Crippen LogP contribution in [0.4, 0.5) is 10.3 Å². The average molecular weight is 383 g/mol. The van der Waals surface area contributed by atoms with Gasteiger partial charge in [-0.25, -0.2) is 9.07 Å². The minimum absolute atomic E-state index is 0.155. The maximum Gasteiger partial charge on any atom is 0.263 e. The number of aromatic amines is 1. The van der Waals surface area contributed by atoms with Gasteiger partial charge in [0.15, 0.2) is 5.65 Å². The van der Waals surface area contributed by atoms with E-state index in [9.17, 15) is 9.18 Å². The third kappa shape index (κ3) is 3.66. The van der Waals surface area contributed by atoms with Crippen LogP contribution in [-0.4, -0.2) is 32.8 Å². The van der Waals surface area contributed by atoms with Crippen molar-refractivity contribution in [2.45, 2.75) is 45.6 Å². The van der Waals surface area contributed by atoms with Gasteiger partial charge in [0.25, 0.3) is 5.56 Å². The molecule has 4 rings (SSSR count). The Morgan fingerprint density at radius 1 is 1.25 bits per heavy atom. The average Bonchev–Trinajstić information content (AvgIpc) is 3.07. The summed E-state index contributed by atoms with van der Waals surface area (Å²) in [5.74, 6) is 0.932. The Balaban J connectivity index is 1.51. The van der Waals surface area contributed by atoms with E-state index >= 15 is 0 Å². The summed E-state index contributed by atoms with van der Waals surface area (Å²) in [6.07, 6.45) is 4.43. The first-order chi connectivity index (χ1) is 13.3. The molecule has 0 aliphatic carbocycles. The monoisotopic (exact) mass is 383 g/mol. The van der Waals surface area contributed by atoms with Gasteiger partial charge >= 0.3 is 0 Å². The number of nitrogens with one attached hydrogen (secondary N) is 1. The predicted octanol–water partition coefficient (Wildman–Crippen LogP) is 3.47. The van der Waals surface area contributed by atoms with E-state index in [-0.39, 0.29) is 16.9 Å². The second kappa shape index (κ2) is 7.04. The molecule has 0 saturated carbocycles. The Morgan fingerprint density at radius 2 is 2.00 bits per heavy atom. The highest BCUT2D eigenvalue weighted by Gasteiger charge is 2.24. The number of halogens is 1. The van der Waals surface area contributed by atoms with Crippen LogP contribution in [0.25, 0.3) is 11.0 Å². The Hall–Kier alpha value is -2.70. The lowest BCUT2D eigenvalue weighted by Gasteiger charge is -2.32. The zero-order valence-corrected chi connectivity index (χ0v) is 16.6. The van der Waals surface area contributed by atoms with E-state index in [4.69, 9.17) is 4.98 Å². The van der Waals surface area contributed by atoms with E-state index in [0.717, 1.165) is 37.9 Å². The highest BCUT2D eigenvalue weighted by molar-refractivity contribution is 5.74. The maximum absolute atomic E-state index is 13.4. The Morgan fingerprint density at radius 3 is 2.68 bits per heavy atom. The van der Waals surface area contributed by atoms with E-state index in [0.29, 0.717) is 22.9 Å². The minimum atomic E-state index is -0.252. The molecule has 0 radical (unpaired) electrons. The fourth-order valence-electron chi connectivity index (χ4n) is 3.89. The quantitative estimate of drug-likeness (QED) is 0.752. The van der Waals surface area contributed by atoms with E-state index in [1.807, 2.05) is 26.8 Å². The Labute approximate surface area is 163 Å². The lowest BCUT2D eigenvalue weighted by atomic mass is 9.90. The molecule has 3 heterocycles. The van der Waals surface area contributed by atoms with Gasteiger partial charge in [0.1, 0.15) is 11.2 Å². The fraction of sp³-hybridized carbons (Fsp3) is 0.476. The van der Waals surface area contributed by atoms with Gasteiger partial charge in [-0.15, -0.1) is 0 Å². The molecular weight excluding hydrogens is 357 g/mol. The van der Waals surface area contributed by atoms with Gasteiger partial charge in [-0.1, -0.05) is 12.1 Å². The van der Waals surface area contributed by atoms with Crippen molar-refractivity contribution in [2.24, 2.45) is 5.92 Å². The van der Waals surface area contributed by atoms with Crippen LogP contribution in [-0.2, 0) is 12.0 Å². The van der Waals surface area contributed by atoms with Crippen molar-refractivity contribution in [3.63, 3.8) is 0 Å². The van der Waals surface area contributed by atoms with Gasteiger partial charge < -0.3 is 4.90 Å². The molecule has 1 aliphatic rings. The third-order valence-corrected chi connectivity index (χ3v) is 5.39. The molecule has 2 aromatic heterocycles. The topological polar surface area (TPSA) is 66.8 Å². The number of anilines is 1. The number of hydrogen-bond donors (Lipinski definition) is 1. The molecule has 1 saturated heterocycles. The Bertz CT molecular complexity index is 1040. The van der Waals surface area contributed by atoms with Crippen LogP contribution in [0.15, 0.2) is 35.3 Å². The van der Waals surface area contributed by atoms with E-state index < -0.39 is 0 Å². The van der Waals surface area contributed by atoms with Crippen molar-refractivity contribution in [3.8, 4) is 0 Å². The number of hydrogen-bond acceptors (Lipinski definition) is 4. The smallest absolute Gasteiger partial charge is 0.263 e. The van der Waals surface area contributed by atoms with Gasteiger partial charge in [0.05, 0.1) is 11.7 Å². The van der Waals surface area contributed by atoms with Crippen molar-refractivity contribution in [1.82, 2.24) is 19.7 Å². The summed E-state index contributed by atoms with van der Waals surface area (Å²) in [4.78, 5) is 22.3. The molecule has 3 aromatic rings. The van der Waals surface area contributed by atoms with Crippen LogP contribution in [0, 0.1) is 11.7 Å². The van der Waals surface area contributed by atoms with Gasteiger partial charge in [-0.05, 0) is 63.6 Å². The van der Waals surface area contributed by atoms with Crippen molar-refractivity contribution in [1.29, 1.82) is 0 Å². The first kappa shape index (κ1) is 18.7. The zero-order valence-electron chi connectivity index (χ0n) is 16.6. The van der Waals surface area contributed by atoms with E-state index in [1.54, 1.807) is 23.0 Å². The minimum Gasteiger partial charge on any atom is -0.342 e. The summed E-state index contributed by atoms with van der Waals surface area (Å²) in [6, 6.07) is 6.84. The SMILES string of the molecule is CC(C)(C)n1ncc2c(=O)[nH]c(N3CCC(Cc4cccc(F)c4)CC3)nc21. The Kier molecular flexibility index (Phi) is 4.69. The lowest BCUT2D eigenvalue weighted by Crippen LogP contribution is -2.36. The van der Waals surface area contributed by atoms with Crippen molar-refractivity contribution in [2.75, 3.05) is 18.0 Å². The van der Waals surface area contributed by atoms with Gasteiger partial charge in [-0.3, -0.25) is 9.78 Å². The summed E-state index contributed by atoms with van der Waals surface area (Å²) in [7, 11) is 0. The molecule has 0 spiro atoms. The molecule has 0 atom stereocenters. The molecular formula is C21H26FN5O. The first-order valence-electron chi connectivity index (χ1n) is 9.79. The van der Waals surface area contributed by atoms with Crippen molar-refractivity contribution >= 4 is 17.0 Å². The number of aromatic nitrogens is 4. The summed E-state index contributed by atoms with van der Waals surface area (Å²) in [5, 5.41) is 4.88. The van der Waals surface area contributed by atoms with Gasteiger partial charge in [0.2, 0.25) is 5.95 Å². The van der Waals surface area contributed by atoms with Crippen molar-refractivity contribution in [3.05, 3.63) is 52.2 Å². The van der Waals surface area contributed by atoms with Crippen LogP contribution < -0.4 is 10.5 Å². The van der Waals surface area contributed by atoms with E-state index in [1.165, 1.54) is 6.07 Å². The largest absolute Gasteiger partial charge is 0.342 e. The molecule has 0 amide bonds. The van der Waals surface area contributed by atoms with Crippen LogP contribution in [0.5, 0.6) is 0 Å². The standard InChI is InChI=1S/C21H26FN5O/c1-21(2,3)27-18-17(13-23-27)19(28)25-20(24-18)26-9-7-14(8-10-26)11-15-5-4-6-16(22)12-15/h4-6,12-14H,7-11H2,1-3H3,(H,24,25,28). The molecule has 1 aromatic carbocycles. The number of fused-ring (bicyclic) bond motifs is 1. The molecule has 7 heteroatoms. The van der Waals surface area contributed by atoms with Crippen molar-refractivity contribution < 1.29 is 4.39 Å². The normalized spacial score (nSPS) is 16.1. The van der Waals surface area contributed by atoms with Gasteiger partial charge in [-0.2, -0.15) is 10.1 Å². The van der Waals surface area contributed by atoms with Crippen LogP contribution >= 0.6 is 0 Å². The zero-order chi connectivity index (χ0) is 19.9.